The molecule has 1 heterocycles. The number of benzene rings is 1. The second-order valence-corrected chi connectivity index (χ2v) is 6.61. The molecule has 1 aromatic carbocycles. The Bertz CT molecular complexity index is 550. The second kappa shape index (κ2) is 7.27. The largest absolute Gasteiger partial charge is 0.481 e. The third kappa shape index (κ3) is 4.45. The molecule has 1 aliphatic rings. The molecule has 4 nitrogen and oxygen atoms in total. The first-order valence-corrected chi connectivity index (χ1v) is 8.10. The number of piperidine rings is 1. The van der Waals surface area contributed by atoms with Crippen molar-refractivity contribution in [2.75, 3.05) is 13.1 Å². The Morgan fingerprint density at radius 3 is 2.86 bits per heavy atom. The first-order valence-electron chi connectivity index (χ1n) is 6.93. The van der Waals surface area contributed by atoms with Crippen molar-refractivity contribution in [2.24, 2.45) is 5.92 Å². The Hall–Kier alpha value is -1.07. The Kier molecular flexibility index (Phi) is 5.65. The number of aliphatic carboxylic acids is 1. The van der Waals surface area contributed by atoms with Crippen LogP contribution >= 0.6 is 27.5 Å². The van der Waals surface area contributed by atoms with Gasteiger partial charge in [-0.3, -0.25) is 9.59 Å². The van der Waals surface area contributed by atoms with Crippen LogP contribution in [0.25, 0.3) is 0 Å². The fraction of sp³-hybridized carbons (Fsp3) is 0.467. The van der Waals surface area contributed by atoms with Crippen LogP contribution in [0, 0.1) is 5.92 Å². The summed E-state index contributed by atoms with van der Waals surface area (Å²) in [5, 5.41) is 9.34. The summed E-state index contributed by atoms with van der Waals surface area (Å²) in [4.78, 5) is 25.0. The Balaban J connectivity index is 2.03. The number of carboxylic acid groups (broad SMARTS) is 1. The van der Waals surface area contributed by atoms with Crippen molar-refractivity contribution in [3.63, 3.8) is 0 Å². The van der Waals surface area contributed by atoms with Gasteiger partial charge >= 0.3 is 5.97 Å². The molecule has 1 amide bonds. The second-order valence-electron chi connectivity index (χ2n) is 5.32. The van der Waals surface area contributed by atoms with Gasteiger partial charge in [0.25, 0.3) is 5.91 Å². The van der Waals surface area contributed by atoms with E-state index in [1.165, 1.54) is 0 Å². The summed E-state index contributed by atoms with van der Waals surface area (Å²) in [6.07, 6.45) is 2.69. The van der Waals surface area contributed by atoms with E-state index in [1.54, 1.807) is 18.2 Å². The zero-order chi connectivity index (χ0) is 15.4. The molecule has 2 rings (SSSR count). The van der Waals surface area contributed by atoms with E-state index < -0.39 is 5.97 Å². The van der Waals surface area contributed by atoms with E-state index in [4.69, 9.17) is 16.7 Å². The minimum atomic E-state index is -0.779. The zero-order valence-electron chi connectivity index (χ0n) is 11.5. The standard InChI is InChI=1S/C15H17BrClNO3/c16-13-8-11(17)4-5-12(13)15(21)18-7-1-2-10(9-18)3-6-14(19)20/h4-5,8,10H,1-3,6-7,9H2,(H,19,20). The number of carboxylic acids is 1. The molecule has 1 saturated heterocycles. The van der Waals surface area contributed by atoms with Gasteiger partial charge in [-0.05, 0) is 59.3 Å². The number of carbonyl (C=O) groups is 2. The number of nitrogens with zero attached hydrogens (tertiary/aromatic N) is 1. The van der Waals surface area contributed by atoms with E-state index in [0.717, 1.165) is 19.4 Å². The number of likely N-dealkylation sites (tertiary alicyclic amines) is 1. The summed E-state index contributed by atoms with van der Waals surface area (Å²) in [5.41, 5.74) is 0.596. The number of amides is 1. The van der Waals surface area contributed by atoms with Gasteiger partial charge in [0.15, 0.2) is 0 Å². The number of halogens is 2. The van der Waals surface area contributed by atoms with Gasteiger partial charge in [0, 0.05) is 29.0 Å². The molecule has 0 saturated carbocycles. The highest BCUT2D eigenvalue weighted by atomic mass is 79.9. The van der Waals surface area contributed by atoms with Crippen LogP contribution < -0.4 is 0 Å². The first kappa shape index (κ1) is 16.3. The van der Waals surface area contributed by atoms with Crippen LogP contribution in [0.1, 0.15) is 36.0 Å². The molecule has 1 fully saturated rings. The molecule has 0 bridgehead atoms. The van der Waals surface area contributed by atoms with Crippen LogP contribution in [0.15, 0.2) is 22.7 Å². The maximum Gasteiger partial charge on any atom is 0.303 e. The van der Waals surface area contributed by atoms with Gasteiger partial charge in [-0.25, -0.2) is 0 Å². The third-order valence-corrected chi connectivity index (χ3v) is 4.63. The highest BCUT2D eigenvalue weighted by Gasteiger charge is 2.25. The molecule has 6 heteroatoms. The number of hydrogen-bond donors (Lipinski definition) is 1. The van der Waals surface area contributed by atoms with Crippen molar-refractivity contribution < 1.29 is 14.7 Å². The minimum Gasteiger partial charge on any atom is -0.481 e. The van der Waals surface area contributed by atoms with Crippen molar-refractivity contribution >= 4 is 39.4 Å². The Labute approximate surface area is 137 Å². The van der Waals surface area contributed by atoms with Crippen molar-refractivity contribution in [1.29, 1.82) is 0 Å². The Morgan fingerprint density at radius 2 is 2.19 bits per heavy atom. The molecule has 1 N–H and O–H groups in total. The lowest BCUT2D eigenvalue weighted by atomic mass is 9.93. The third-order valence-electron chi connectivity index (χ3n) is 3.73. The molecular weight excluding hydrogens is 358 g/mol. The van der Waals surface area contributed by atoms with E-state index in [0.29, 0.717) is 28.0 Å². The van der Waals surface area contributed by atoms with Crippen LogP contribution in [0.2, 0.25) is 5.02 Å². The van der Waals surface area contributed by atoms with Gasteiger partial charge < -0.3 is 10.0 Å². The van der Waals surface area contributed by atoms with E-state index in [1.807, 2.05) is 4.90 Å². The quantitative estimate of drug-likeness (QED) is 0.871. The molecule has 1 aliphatic heterocycles. The SMILES string of the molecule is O=C(O)CCC1CCCN(C(=O)c2ccc(Cl)cc2Br)C1. The fourth-order valence-corrected chi connectivity index (χ4v) is 3.50. The predicted octanol–water partition coefficient (Wildman–Crippen LogP) is 3.82. The van der Waals surface area contributed by atoms with E-state index in [9.17, 15) is 9.59 Å². The summed E-state index contributed by atoms with van der Waals surface area (Å²) in [6.45, 7) is 1.35. The van der Waals surface area contributed by atoms with E-state index in [2.05, 4.69) is 15.9 Å². The van der Waals surface area contributed by atoms with Gasteiger partial charge in [0.1, 0.15) is 0 Å². The van der Waals surface area contributed by atoms with Crippen molar-refractivity contribution in [3.8, 4) is 0 Å². The molecular formula is C15H17BrClNO3. The van der Waals surface area contributed by atoms with Gasteiger partial charge in [-0.2, -0.15) is 0 Å². The molecule has 21 heavy (non-hydrogen) atoms. The van der Waals surface area contributed by atoms with E-state index >= 15 is 0 Å². The van der Waals surface area contributed by atoms with E-state index in [-0.39, 0.29) is 18.2 Å². The average Bonchev–Trinajstić information content (AvgIpc) is 2.45. The lowest BCUT2D eigenvalue weighted by molar-refractivity contribution is -0.137. The van der Waals surface area contributed by atoms with Crippen LogP contribution in [0.3, 0.4) is 0 Å². The molecule has 1 unspecified atom stereocenters. The molecule has 0 aliphatic carbocycles. The topological polar surface area (TPSA) is 57.6 Å². The summed E-state index contributed by atoms with van der Waals surface area (Å²) in [7, 11) is 0. The minimum absolute atomic E-state index is 0.0291. The van der Waals surface area contributed by atoms with Crippen LogP contribution in [0.4, 0.5) is 0 Å². The maximum absolute atomic E-state index is 12.6. The summed E-state index contributed by atoms with van der Waals surface area (Å²) >= 11 is 9.26. The monoisotopic (exact) mass is 373 g/mol. The summed E-state index contributed by atoms with van der Waals surface area (Å²) in [6, 6.07) is 5.13. The number of rotatable bonds is 4. The normalized spacial score (nSPS) is 18.6. The van der Waals surface area contributed by atoms with Crippen LogP contribution in [-0.4, -0.2) is 35.0 Å². The molecule has 1 atom stereocenters. The average molecular weight is 375 g/mol. The number of carbonyl (C=O) groups excluding carboxylic acids is 1. The highest BCUT2D eigenvalue weighted by molar-refractivity contribution is 9.10. The molecule has 0 radical (unpaired) electrons. The van der Waals surface area contributed by atoms with Gasteiger partial charge in [-0.15, -0.1) is 0 Å². The summed E-state index contributed by atoms with van der Waals surface area (Å²) in [5.74, 6) is -0.540. The lowest BCUT2D eigenvalue weighted by Gasteiger charge is -2.33. The van der Waals surface area contributed by atoms with Gasteiger partial charge in [-0.1, -0.05) is 11.6 Å². The molecule has 0 spiro atoms. The molecule has 1 aromatic rings. The summed E-state index contributed by atoms with van der Waals surface area (Å²) < 4.78 is 0.688. The smallest absolute Gasteiger partial charge is 0.303 e. The zero-order valence-corrected chi connectivity index (χ0v) is 13.9. The lowest BCUT2D eigenvalue weighted by Crippen LogP contribution is -2.40. The molecule has 114 valence electrons. The predicted molar refractivity (Wildman–Crippen MR) is 84.6 cm³/mol. The Morgan fingerprint density at radius 1 is 1.43 bits per heavy atom. The maximum atomic E-state index is 12.6. The van der Waals surface area contributed by atoms with Crippen molar-refractivity contribution in [2.45, 2.75) is 25.7 Å². The van der Waals surface area contributed by atoms with Crippen molar-refractivity contribution in [1.82, 2.24) is 4.90 Å². The highest BCUT2D eigenvalue weighted by Crippen LogP contribution is 2.26. The number of hydrogen-bond acceptors (Lipinski definition) is 2. The van der Waals surface area contributed by atoms with Gasteiger partial charge in [0.05, 0.1) is 5.56 Å². The van der Waals surface area contributed by atoms with Crippen molar-refractivity contribution in [3.05, 3.63) is 33.3 Å². The first-order chi connectivity index (χ1) is 9.97. The van der Waals surface area contributed by atoms with Gasteiger partial charge in [0.2, 0.25) is 0 Å². The van der Waals surface area contributed by atoms with Crippen LogP contribution in [-0.2, 0) is 4.79 Å². The molecule has 0 aromatic heterocycles. The van der Waals surface area contributed by atoms with Crippen LogP contribution in [0.5, 0.6) is 0 Å². The fourth-order valence-electron chi connectivity index (χ4n) is 2.65.